The average Bonchev–Trinajstić information content (AvgIpc) is 2.48. The Morgan fingerprint density at radius 2 is 2.00 bits per heavy atom. The zero-order chi connectivity index (χ0) is 14.9. The number of thiocarbonyl (C=S) groups is 1. The Balaban J connectivity index is 2.39. The topological polar surface area (TPSA) is 42.1 Å². The first-order chi connectivity index (χ1) is 9.30. The molecule has 1 aromatic heterocycles. The number of hydrogen-bond acceptors (Lipinski definition) is 3. The molecule has 1 fully saturated rings. The van der Waals surface area contributed by atoms with Crippen molar-refractivity contribution in [3.63, 3.8) is 0 Å². The average molecular weight is 291 g/mol. The zero-order valence-electron chi connectivity index (χ0n) is 13.0. The van der Waals surface area contributed by atoms with Crippen molar-refractivity contribution in [2.45, 2.75) is 47.0 Å². The first kappa shape index (κ1) is 15.2. The number of rotatable bonds is 2. The fourth-order valence-corrected chi connectivity index (χ4v) is 3.24. The molecule has 0 aromatic carbocycles. The summed E-state index contributed by atoms with van der Waals surface area (Å²) < 4.78 is 0. The van der Waals surface area contributed by atoms with Gasteiger partial charge in [0.1, 0.15) is 10.8 Å². The molecule has 0 unspecified atom stereocenters. The van der Waals surface area contributed by atoms with Gasteiger partial charge in [0, 0.05) is 18.8 Å². The summed E-state index contributed by atoms with van der Waals surface area (Å²) in [6.07, 6.45) is 3.63. The predicted molar refractivity (Wildman–Crippen MR) is 89.4 cm³/mol. The van der Waals surface area contributed by atoms with Crippen LogP contribution in [0.25, 0.3) is 0 Å². The molecule has 0 bridgehead atoms. The second-order valence-corrected chi connectivity index (χ2v) is 7.09. The number of aromatic nitrogens is 1. The van der Waals surface area contributed by atoms with Crippen LogP contribution in [0.5, 0.6) is 0 Å². The molecule has 3 nitrogen and oxygen atoms in total. The molecule has 110 valence electrons. The van der Waals surface area contributed by atoms with Gasteiger partial charge in [0.05, 0.1) is 5.56 Å². The lowest BCUT2D eigenvalue weighted by Gasteiger charge is -2.26. The van der Waals surface area contributed by atoms with Gasteiger partial charge in [-0.05, 0) is 50.2 Å². The second-order valence-electron chi connectivity index (χ2n) is 6.65. The van der Waals surface area contributed by atoms with E-state index in [-0.39, 0.29) is 0 Å². The summed E-state index contributed by atoms with van der Waals surface area (Å²) >= 11 is 5.24. The van der Waals surface area contributed by atoms with Crippen molar-refractivity contribution in [3.8, 4) is 0 Å². The molecule has 1 aliphatic rings. The molecule has 2 heterocycles. The van der Waals surface area contributed by atoms with Crippen molar-refractivity contribution in [1.82, 2.24) is 4.98 Å². The van der Waals surface area contributed by atoms with Crippen molar-refractivity contribution < 1.29 is 0 Å². The van der Waals surface area contributed by atoms with Crippen LogP contribution in [-0.2, 0) is 0 Å². The predicted octanol–water partition coefficient (Wildman–Crippen LogP) is 3.35. The molecule has 0 saturated carbocycles. The highest BCUT2D eigenvalue weighted by Gasteiger charge is 2.25. The minimum atomic E-state index is 0.414. The van der Waals surface area contributed by atoms with Crippen LogP contribution in [0.4, 0.5) is 5.82 Å². The molecule has 0 atom stereocenters. The molecule has 2 rings (SSSR count). The lowest BCUT2D eigenvalue weighted by molar-refractivity contribution is 0.325. The number of pyridine rings is 1. The van der Waals surface area contributed by atoms with E-state index < -0.39 is 0 Å². The fraction of sp³-hybridized carbons (Fsp3) is 0.625. The van der Waals surface area contributed by atoms with Crippen molar-refractivity contribution in [3.05, 3.63) is 22.9 Å². The van der Waals surface area contributed by atoms with E-state index in [1.54, 1.807) is 0 Å². The number of anilines is 1. The summed E-state index contributed by atoms with van der Waals surface area (Å²) in [7, 11) is 0. The fourth-order valence-electron chi connectivity index (χ4n) is 2.99. The molecule has 1 aromatic rings. The minimum absolute atomic E-state index is 0.414. The highest BCUT2D eigenvalue weighted by atomic mass is 32.1. The van der Waals surface area contributed by atoms with Crippen LogP contribution in [-0.4, -0.2) is 23.1 Å². The highest BCUT2D eigenvalue weighted by molar-refractivity contribution is 7.80. The summed E-state index contributed by atoms with van der Waals surface area (Å²) in [6.45, 7) is 10.9. The highest BCUT2D eigenvalue weighted by Crippen LogP contribution is 2.32. The van der Waals surface area contributed by atoms with E-state index in [4.69, 9.17) is 22.9 Å². The summed E-state index contributed by atoms with van der Waals surface area (Å²) in [6, 6.07) is 2.06. The molecule has 0 aliphatic carbocycles. The summed E-state index contributed by atoms with van der Waals surface area (Å²) in [4.78, 5) is 7.54. The quantitative estimate of drug-likeness (QED) is 0.849. The van der Waals surface area contributed by atoms with Crippen LogP contribution in [0.15, 0.2) is 6.07 Å². The van der Waals surface area contributed by atoms with E-state index in [1.807, 2.05) is 6.92 Å². The molecule has 1 saturated heterocycles. The van der Waals surface area contributed by atoms with Crippen molar-refractivity contribution in [1.29, 1.82) is 0 Å². The third kappa shape index (κ3) is 3.29. The maximum atomic E-state index is 5.93. The molecule has 2 N–H and O–H groups in total. The summed E-state index contributed by atoms with van der Waals surface area (Å²) in [5.41, 5.74) is 9.45. The summed E-state index contributed by atoms with van der Waals surface area (Å²) in [5, 5.41) is 0. The number of hydrogen-bond donors (Lipinski definition) is 1. The maximum Gasteiger partial charge on any atom is 0.139 e. The summed E-state index contributed by atoms with van der Waals surface area (Å²) in [5.74, 6) is 0.979. The normalized spacial score (nSPS) is 18.7. The largest absolute Gasteiger partial charge is 0.389 e. The lowest BCUT2D eigenvalue weighted by Crippen LogP contribution is -2.29. The zero-order valence-corrected chi connectivity index (χ0v) is 13.8. The molecule has 20 heavy (non-hydrogen) atoms. The Morgan fingerprint density at radius 3 is 2.65 bits per heavy atom. The van der Waals surface area contributed by atoms with Gasteiger partial charge in [-0.25, -0.2) is 4.98 Å². The van der Waals surface area contributed by atoms with Gasteiger partial charge in [-0.2, -0.15) is 0 Å². The van der Waals surface area contributed by atoms with Gasteiger partial charge in [0.2, 0.25) is 0 Å². The van der Waals surface area contributed by atoms with E-state index >= 15 is 0 Å². The Bertz CT molecular complexity index is 523. The van der Waals surface area contributed by atoms with Gasteiger partial charge >= 0.3 is 0 Å². The van der Waals surface area contributed by atoms with Crippen molar-refractivity contribution >= 4 is 23.0 Å². The lowest BCUT2D eigenvalue weighted by atomic mass is 9.85. The molecule has 0 amide bonds. The van der Waals surface area contributed by atoms with Gasteiger partial charge in [0.15, 0.2) is 0 Å². The molecule has 0 radical (unpaired) electrons. The molecule has 4 heteroatoms. The maximum absolute atomic E-state index is 5.93. The van der Waals surface area contributed by atoms with Crippen LogP contribution in [0.1, 0.15) is 49.9 Å². The smallest absolute Gasteiger partial charge is 0.139 e. The molecule has 1 aliphatic heterocycles. The van der Waals surface area contributed by atoms with E-state index in [0.29, 0.717) is 10.4 Å². The van der Waals surface area contributed by atoms with Crippen LogP contribution in [0.3, 0.4) is 0 Å². The molecular weight excluding hydrogens is 266 g/mol. The van der Waals surface area contributed by atoms with E-state index in [1.165, 1.54) is 19.3 Å². The molecule has 0 spiro atoms. The number of nitrogens with two attached hydrogens (primary N) is 1. The van der Waals surface area contributed by atoms with Gasteiger partial charge in [-0.3, -0.25) is 0 Å². The van der Waals surface area contributed by atoms with Crippen molar-refractivity contribution in [2.75, 3.05) is 18.0 Å². The SMILES string of the molecule is Cc1cc(C)c(C(N)=S)c(N2CCCC(C)(C)CC2)n1. The minimum Gasteiger partial charge on any atom is -0.389 e. The van der Waals surface area contributed by atoms with Crippen LogP contribution in [0.2, 0.25) is 0 Å². The van der Waals surface area contributed by atoms with Gasteiger partial charge in [0.25, 0.3) is 0 Å². The number of aryl methyl sites for hydroxylation is 2. The monoisotopic (exact) mass is 291 g/mol. The number of nitrogens with zero attached hydrogens (tertiary/aromatic N) is 2. The van der Waals surface area contributed by atoms with Crippen LogP contribution < -0.4 is 10.6 Å². The van der Waals surface area contributed by atoms with E-state index in [2.05, 4.69) is 31.7 Å². The first-order valence-electron chi connectivity index (χ1n) is 7.33. The third-order valence-electron chi connectivity index (χ3n) is 4.21. The molecular formula is C16H25N3S. The van der Waals surface area contributed by atoms with E-state index in [0.717, 1.165) is 35.7 Å². The van der Waals surface area contributed by atoms with Crippen LogP contribution in [0, 0.1) is 19.3 Å². The van der Waals surface area contributed by atoms with Gasteiger partial charge < -0.3 is 10.6 Å². The second kappa shape index (κ2) is 5.68. The third-order valence-corrected chi connectivity index (χ3v) is 4.42. The van der Waals surface area contributed by atoms with Gasteiger partial charge in [-0.15, -0.1) is 0 Å². The Kier molecular flexibility index (Phi) is 4.33. The Morgan fingerprint density at radius 1 is 1.30 bits per heavy atom. The van der Waals surface area contributed by atoms with E-state index in [9.17, 15) is 0 Å². The van der Waals surface area contributed by atoms with Crippen LogP contribution >= 0.6 is 12.2 Å². The first-order valence-corrected chi connectivity index (χ1v) is 7.74. The Labute approximate surface area is 127 Å². The van der Waals surface area contributed by atoms with Crippen molar-refractivity contribution in [2.24, 2.45) is 11.1 Å². The Hall–Kier alpha value is -1.16. The van der Waals surface area contributed by atoms with Gasteiger partial charge in [-0.1, -0.05) is 26.1 Å². The standard InChI is InChI=1S/C16H25N3S/c1-11-10-12(2)18-15(13(11)14(17)20)19-8-5-6-16(3,4)7-9-19/h10H,5-9H2,1-4H3,(H2,17,20).